The van der Waals surface area contributed by atoms with Crippen molar-refractivity contribution in [3.8, 4) is 6.07 Å². The SMILES string of the molecule is N#Cc1nc2c(NC(=O)c3c(Cl)cccc3Cl)cccc2n1CC(=O)NCCO. The highest BCUT2D eigenvalue weighted by Gasteiger charge is 2.19. The van der Waals surface area contributed by atoms with E-state index in [4.69, 9.17) is 28.3 Å². The second-order valence-electron chi connectivity index (χ2n) is 5.93. The molecule has 1 heterocycles. The number of amides is 2. The van der Waals surface area contributed by atoms with E-state index in [2.05, 4.69) is 15.6 Å². The summed E-state index contributed by atoms with van der Waals surface area (Å²) in [5, 5.41) is 23.9. The van der Waals surface area contributed by atoms with Gasteiger partial charge in [-0.3, -0.25) is 9.59 Å². The van der Waals surface area contributed by atoms with Gasteiger partial charge in [-0.05, 0) is 24.3 Å². The first-order valence-electron chi connectivity index (χ1n) is 8.48. The first kappa shape index (κ1) is 20.6. The Balaban J connectivity index is 1.97. The van der Waals surface area contributed by atoms with E-state index < -0.39 is 5.91 Å². The molecule has 2 aromatic carbocycles. The van der Waals surface area contributed by atoms with Crippen molar-refractivity contribution in [3.63, 3.8) is 0 Å². The molecule has 0 aliphatic rings. The molecule has 0 saturated carbocycles. The lowest BCUT2D eigenvalue weighted by molar-refractivity contribution is -0.121. The molecule has 0 bridgehead atoms. The van der Waals surface area contributed by atoms with Crippen LogP contribution in [0.15, 0.2) is 36.4 Å². The van der Waals surface area contributed by atoms with Gasteiger partial charge in [-0.15, -0.1) is 0 Å². The monoisotopic (exact) mass is 431 g/mol. The van der Waals surface area contributed by atoms with Gasteiger partial charge in [-0.25, -0.2) is 4.98 Å². The van der Waals surface area contributed by atoms with E-state index in [1.54, 1.807) is 36.4 Å². The number of nitriles is 1. The second kappa shape index (κ2) is 8.92. The fourth-order valence-corrected chi connectivity index (χ4v) is 3.36. The van der Waals surface area contributed by atoms with Crippen LogP contribution < -0.4 is 10.6 Å². The molecule has 2 amide bonds. The topological polar surface area (TPSA) is 120 Å². The average molecular weight is 432 g/mol. The molecule has 0 spiro atoms. The summed E-state index contributed by atoms with van der Waals surface area (Å²) in [6.45, 7) is -0.247. The van der Waals surface area contributed by atoms with Crippen molar-refractivity contribution < 1.29 is 14.7 Å². The zero-order chi connectivity index (χ0) is 21.0. The summed E-state index contributed by atoms with van der Waals surface area (Å²) in [7, 11) is 0. The highest BCUT2D eigenvalue weighted by Crippen LogP contribution is 2.28. The van der Waals surface area contributed by atoms with Crippen molar-refractivity contribution in [1.29, 1.82) is 5.26 Å². The minimum absolute atomic E-state index is 0.0108. The maximum Gasteiger partial charge on any atom is 0.258 e. The van der Waals surface area contributed by atoms with Crippen LogP contribution in [0, 0.1) is 11.3 Å². The Morgan fingerprint density at radius 2 is 1.86 bits per heavy atom. The molecule has 29 heavy (non-hydrogen) atoms. The van der Waals surface area contributed by atoms with E-state index in [-0.39, 0.29) is 47.0 Å². The molecule has 1 aromatic heterocycles. The normalized spacial score (nSPS) is 10.6. The lowest BCUT2D eigenvalue weighted by atomic mass is 10.2. The molecule has 3 rings (SSSR count). The fourth-order valence-electron chi connectivity index (χ4n) is 2.79. The molecule has 0 aliphatic carbocycles. The number of anilines is 1. The number of carbonyl (C=O) groups excluding carboxylic acids is 2. The number of imidazole rings is 1. The van der Waals surface area contributed by atoms with Crippen molar-refractivity contribution in [2.75, 3.05) is 18.5 Å². The van der Waals surface area contributed by atoms with Crippen molar-refractivity contribution in [3.05, 3.63) is 57.8 Å². The second-order valence-corrected chi connectivity index (χ2v) is 6.75. The molecule has 8 nitrogen and oxygen atoms in total. The summed E-state index contributed by atoms with van der Waals surface area (Å²) in [6.07, 6.45) is 0. The van der Waals surface area contributed by atoms with Crippen LogP contribution in [-0.2, 0) is 11.3 Å². The van der Waals surface area contributed by atoms with Gasteiger partial charge < -0.3 is 20.3 Å². The number of benzene rings is 2. The summed E-state index contributed by atoms with van der Waals surface area (Å²) in [6, 6.07) is 11.6. The molecule has 0 fully saturated rings. The van der Waals surface area contributed by atoms with Crippen LogP contribution in [0.3, 0.4) is 0 Å². The number of aromatic nitrogens is 2. The molecule has 0 aliphatic heterocycles. The molecular formula is C19H15Cl2N5O3. The Morgan fingerprint density at radius 3 is 2.52 bits per heavy atom. The van der Waals surface area contributed by atoms with Gasteiger partial charge in [0.05, 0.1) is 33.4 Å². The van der Waals surface area contributed by atoms with E-state index in [9.17, 15) is 14.9 Å². The average Bonchev–Trinajstić information content (AvgIpc) is 3.05. The summed E-state index contributed by atoms with van der Waals surface area (Å²) < 4.78 is 1.43. The molecule has 0 saturated heterocycles. The number of halogens is 2. The third-order valence-corrected chi connectivity index (χ3v) is 4.68. The number of aliphatic hydroxyl groups excluding tert-OH is 1. The molecule has 0 unspecified atom stereocenters. The minimum Gasteiger partial charge on any atom is -0.395 e. The molecule has 10 heteroatoms. The van der Waals surface area contributed by atoms with Gasteiger partial charge in [-0.2, -0.15) is 5.26 Å². The zero-order valence-corrected chi connectivity index (χ0v) is 16.5. The van der Waals surface area contributed by atoms with Crippen LogP contribution in [0.25, 0.3) is 11.0 Å². The predicted molar refractivity (Wildman–Crippen MR) is 109 cm³/mol. The number of para-hydroxylation sites is 1. The van der Waals surface area contributed by atoms with Gasteiger partial charge >= 0.3 is 0 Å². The highest BCUT2D eigenvalue weighted by atomic mass is 35.5. The smallest absolute Gasteiger partial charge is 0.258 e. The Bertz CT molecular complexity index is 1120. The van der Waals surface area contributed by atoms with E-state index in [1.807, 2.05) is 6.07 Å². The largest absolute Gasteiger partial charge is 0.395 e. The van der Waals surface area contributed by atoms with Gasteiger partial charge in [0.15, 0.2) is 0 Å². The van der Waals surface area contributed by atoms with Crippen LogP contribution in [0.4, 0.5) is 5.69 Å². The summed E-state index contributed by atoms with van der Waals surface area (Å²) in [5.41, 5.74) is 1.30. The van der Waals surface area contributed by atoms with Crippen molar-refractivity contribution in [2.24, 2.45) is 0 Å². The summed E-state index contributed by atoms with van der Waals surface area (Å²) >= 11 is 12.2. The number of hydrogen-bond acceptors (Lipinski definition) is 5. The molecule has 0 atom stereocenters. The van der Waals surface area contributed by atoms with E-state index >= 15 is 0 Å². The van der Waals surface area contributed by atoms with Gasteiger partial charge in [-0.1, -0.05) is 35.3 Å². The molecule has 0 radical (unpaired) electrons. The van der Waals surface area contributed by atoms with Crippen LogP contribution in [0.2, 0.25) is 10.0 Å². The Labute approximate surface area is 175 Å². The van der Waals surface area contributed by atoms with E-state index in [0.29, 0.717) is 16.7 Å². The highest BCUT2D eigenvalue weighted by molar-refractivity contribution is 6.40. The number of rotatable bonds is 6. The maximum absolute atomic E-state index is 12.7. The van der Waals surface area contributed by atoms with Gasteiger partial charge in [0.2, 0.25) is 11.7 Å². The molecule has 3 N–H and O–H groups in total. The Kier molecular flexibility index (Phi) is 6.34. The standard InChI is InChI=1S/C19H15Cl2N5O3/c20-11-3-1-4-12(21)17(11)19(29)24-13-5-2-6-14-18(13)25-15(9-22)26(14)10-16(28)23-7-8-27/h1-6,27H,7-8,10H2,(H,23,28)(H,24,29). The molecule has 148 valence electrons. The first-order valence-corrected chi connectivity index (χ1v) is 9.24. The predicted octanol–water partition coefficient (Wildman–Crippen LogP) is 2.58. The summed E-state index contributed by atoms with van der Waals surface area (Å²) in [5.74, 6) is -0.898. The number of aliphatic hydroxyl groups is 1. The van der Waals surface area contributed by atoms with E-state index in [0.717, 1.165) is 0 Å². The van der Waals surface area contributed by atoms with Gasteiger partial charge in [0, 0.05) is 6.54 Å². The summed E-state index contributed by atoms with van der Waals surface area (Å²) in [4.78, 5) is 29.0. The van der Waals surface area contributed by atoms with Crippen LogP contribution >= 0.6 is 23.2 Å². The maximum atomic E-state index is 12.7. The van der Waals surface area contributed by atoms with Crippen LogP contribution in [-0.4, -0.2) is 39.6 Å². The first-order chi connectivity index (χ1) is 14.0. The number of fused-ring (bicyclic) bond motifs is 1. The van der Waals surface area contributed by atoms with Gasteiger partial charge in [0.1, 0.15) is 18.1 Å². The van der Waals surface area contributed by atoms with E-state index in [1.165, 1.54) is 4.57 Å². The van der Waals surface area contributed by atoms with Crippen molar-refractivity contribution >= 4 is 51.7 Å². The molecular weight excluding hydrogens is 417 g/mol. The number of hydrogen-bond donors (Lipinski definition) is 3. The van der Waals surface area contributed by atoms with Crippen LogP contribution in [0.5, 0.6) is 0 Å². The Morgan fingerprint density at radius 1 is 1.17 bits per heavy atom. The lowest BCUT2D eigenvalue weighted by Gasteiger charge is -2.10. The third kappa shape index (κ3) is 4.32. The zero-order valence-electron chi connectivity index (χ0n) is 14.9. The number of carbonyl (C=O) groups is 2. The van der Waals surface area contributed by atoms with Crippen molar-refractivity contribution in [2.45, 2.75) is 6.54 Å². The van der Waals surface area contributed by atoms with Crippen LogP contribution in [0.1, 0.15) is 16.2 Å². The van der Waals surface area contributed by atoms with Crippen molar-refractivity contribution in [1.82, 2.24) is 14.9 Å². The third-order valence-electron chi connectivity index (χ3n) is 4.05. The quantitative estimate of drug-likeness (QED) is 0.553. The lowest BCUT2D eigenvalue weighted by Crippen LogP contribution is -2.30. The van der Waals surface area contributed by atoms with Gasteiger partial charge in [0.25, 0.3) is 5.91 Å². The fraction of sp³-hybridized carbons (Fsp3) is 0.158. The number of nitrogens with one attached hydrogen (secondary N) is 2. The molecule has 3 aromatic rings. The Hall–Kier alpha value is -3.12. The number of nitrogens with zero attached hydrogens (tertiary/aromatic N) is 3. The minimum atomic E-state index is -0.526.